The third-order valence-electron chi connectivity index (χ3n) is 5.71. The Morgan fingerprint density at radius 2 is 2.11 bits per heavy atom. The van der Waals surface area contributed by atoms with Crippen LogP contribution in [0.25, 0.3) is 0 Å². The van der Waals surface area contributed by atoms with Crippen molar-refractivity contribution in [3.8, 4) is 0 Å². The normalized spacial score (nSPS) is 20.0. The zero-order valence-electron chi connectivity index (χ0n) is 16.3. The van der Waals surface area contributed by atoms with Crippen molar-refractivity contribution in [2.75, 3.05) is 19.7 Å². The molecule has 1 aliphatic carbocycles. The van der Waals surface area contributed by atoms with E-state index in [4.69, 9.17) is 4.74 Å². The maximum absolute atomic E-state index is 13.1. The van der Waals surface area contributed by atoms with Crippen LogP contribution in [0.4, 0.5) is 0 Å². The lowest BCUT2D eigenvalue weighted by Crippen LogP contribution is -2.42. The summed E-state index contributed by atoms with van der Waals surface area (Å²) in [5.41, 5.74) is 3.47. The highest BCUT2D eigenvalue weighted by Gasteiger charge is 2.29. The summed E-state index contributed by atoms with van der Waals surface area (Å²) in [4.78, 5) is 15.1. The van der Waals surface area contributed by atoms with Crippen LogP contribution >= 0.6 is 0 Å². The zero-order chi connectivity index (χ0) is 18.8. The molecule has 2 fully saturated rings. The maximum Gasteiger partial charge on any atom is 0.274 e. The van der Waals surface area contributed by atoms with Gasteiger partial charge in [-0.25, -0.2) is 0 Å². The number of aromatic amines is 1. The molecule has 1 saturated heterocycles. The van der Waals surface area contributed by atoms with Crippen LogP contribution in [0.2, 0.25) is 0 Å². The number of H-pyrrole nitrogens is 1. The Balaban J connectivity index is 1.45. The quantitative estimate of drug-likeness (QED) is 0.812. The lowest BCUT2D eigenvalue weighted by molar-refractivity contribution is 0.0443. The van der Waals surface area contributed by atoms with Crippen LogP contribution in [-0.4, -0.2) is 56.6 Å². The predicted molar refractivity (Wildman–Crippen MR) is 102 cm³/mol. The van der Waals surface area contributed by atoms with Gasteiger partial charge in [0, 0.05) is 25.4 Å². The fourth-order valence-corrected chi connectivity index (χ4v) is 3.97. The number of rotatable bonds is 7. The smallest absolute Gasteiger partial charge is 0.274 e. The van der Waals surface area contributed by atoms with E-state index in [9.17, 15) is 4.79 Å². The van der Waals surface area contributed by atoms with Crippen molar-refractivity contribution in [2.24, 2.45) is 5.92 Å². The molecule has 7 nitrogen and oxygen atoms in total. The molecule has 27 heavy (non-hydrogen) atoms. The minimum atomic E-state index is 0.00766. The maximum atomic E-state index is 13.1. The van der Waals surface area contributed by atoms with Gasteiger partial charge in [0.25, 0.3) is 5.91 Å². The Bertz CT molecular complexity index is 786. The molecule has 2 aliphatic rings. The van der Waals surface area contributed by atoms with E-state index in [1.165, 1.54) is 19.3 Å². The molecule has 1 N–H and O–H groups in total. The average molecular weight is 371 g/mol. The van der Waals surface area contributed by atoms with E-state index >= 15 is 0 Å². The van der Waals surface area contributed by atoms with Crippen LogP contribution in [0.3, 0.4) is 0 Å². The first-order valence-corrected chi connectivity index (χ1v) is 10.0. The second-order valence-corrected chi connectivity index (χ2v) is 8.01. The lowest BCUT2D eigenvalue weighted by atomic mass is 9.85. The van der Waals surface area contributed by atoms with E-state index in [1.54, 1.807) is 0 Å². The summed E-state index contributed by atoms with van der Waals surface area (Å²) in [7, 11) is 0. The fourth-order valence-electron chi connectivity index (χ4n) is 3.97. The molecular formula is C20H29N5O2. The van der Waals surface area contributed by atoms with E-state index in [0.29, 0.717) is 24.7 Å². The number of carbonyl (C=O) groups is 1. The van der Waals surface area contributed by atoms with Crippen molar-refractivity contribution in [2.45, 2.75) is 58.6 Å². The number of aromatic nitrogens is 4. The second kappa shape index (κ2) is 7.84. The molecule has 0 bridgehead atoms. The molecule has 0 radical (unpaired) electrons. The molecule has 4 rings (SSSR count). The number of hydrogen-bond acceptors (Lipinski definition) is 4. The van der Waals surface area contributed by atoms with Crippen molar-refractivity contribution in [3.63, 3.8) is 0 Å². The monoisotopic (exact) mass is 371 g/mol. The van der Waals surface area contributed by atoms with Crippen molar-refractivity contribution >= 4 is 5.91 Å². The molecule has 146 valence electrons. The van der Waals surface area contributed by atoms with Crippen LogP contribution in [0.15, 0.2) is 12.1 Å². The third kappa shape index (κ3) is 4.24. The van der Waals surface area contributed by atoms with Gasteiger partial charge in [-0.3, -0.25) is 14.6 Å². The van der Waals surface area contributed by atoms with Crippen molar-refractivity contribution in [3.05, 3.63) is 34.9 Å². The molecule has 7 heteroatoms. The molecule has 1 unspecified atom stereocenters. The first-order chi connectivity index (χ1) is 13.1. The van der Waals surface area contributed by atoms with Gasteiger partial charge >= 0.3 is 0 Å². The highest BCUT2D eigenvalue weighted by Crippen LogP contribution is 2.28. The van der Waals surface area contributed by atoms with Gasteiger partial charge < -0.3 is 9.64 Å². The Kier molecular flexibility index (Phi) is 5.29. The van der Waals surface area contributed by atoms with Crippen LogP contribution in [0.1, 0.15) is 59.7 Å². The fraction of sp³-hybridized carbons (Fsp3) is 0.650. The predicted octanol–water partition coefficient (Wildman–Crippen LogP) is 2.69. The molecule has 1 aliphatic heterocycles. The lowest BCUT2D eigenvalue weighted by Gasteiger charge is -2.33. The topological polar surface area (TPSA) is 76.0 Å². The SMILES string of the molecule is Cc1cc(C)n(Cc2cc(C(=O)N(CC3CCC3)CC3CCCO3)n[nH]2)n1. The largest absolute Gasteiger partial charge is 0.376 e. The van der Waals surface area contributed by atoms with Gasteiger partial charge in [0.1, 0.15) is 5.69 Å². The van der Waals surface area contributed by atoms with Crippen LogP contribution in [0.5, 0.6) is 0 Å². The van der Waals surface area contributed by atoms with E-state index in [-0.39, 0.29) is 12.0 Å². The molecule has 3 heterocycles. The first kappa shape index (κ1) is 18.2. The minimum absolute atomic E-state index is 0.00766. The van der Waals surface area contributed by atoms with E-state index in [1.807, 2.05) is 35.6 Å². The highest BCUT2D eigenvalue weighted by molar-refractivity contribution is 5.92. The number of nitrogens with one attached hydrogen (secondary N) is 1. The number of aryl methyl sites for hydroxylation is 2. The number of carbonyl (C=O) groups excluding carboxylic acids is 1. The molecule has 1 atom stereocenters. The number of nitrogens with zero attached hydrogens (tertiary/aromatic N) is 4. The van der Waals surface area contributed by atoms with Crippen LogP contribution < -0.4 is 0 Å². The zero-order valence-corrected chi connectivity index (χ0v) is 16.3. The molecule has 1 saturated carbocycles. The minimum Gasteiger partial charge on any atom is -0.376 e. The van der Waals surface area contributed by atoms with Gasteiger partial charge in [-0.15, -0.1) is 0 Å². The van der Waals surface area contributed by atoms with Crippen molar-refractivity contribution in [1.82, 2.24) is 24.9 Å². The summed E-state index contributed by atoms with van der Waals surface area (Å²) in [6.45, 7) is 6.91. The van der Waals surface area contributed by atoms with Gasteiger partial charge in [0.2, 0.25) is 0 Å². The molecule has 2 aromatic rings. The van der Waals surface area contributed by atoms with Gasteiger partial charge in [-0.1, -0.05) is 6.42 Å². The van der Waals surface area contributed by atoms with E-state index in [0.717, 1.165) is 43.1 Å². The number of hydrogen-bond donors (Lipinski definition) is 1. The summed E-state index contributed by atoms with van der Waals surface area (Å²) in [5, 5.41) is 11.8. The van der Waals surface area contributed by atoms with Crippen LogP contribution in [-0.2, 0) is 11.3 Å². The molecule has 0 spiro atoms. The van der Waals surface area contributed by atoms with Gasteiger partial charge in [0.05, 0.1) is 24.0 Å². The number of ether oxygens (including phenoxy) is 1. The third-order valence-corrected chi connectivity index (χ3v) is 5.71. The van der Waals surface area contributed by atoms with Gasteiger partial charge in [0.15, 0.2) is 0 Å². The van der Waals surface area contributed by atoms with E-state index in [2.05, 4.69) is 15.3 Å². The Labute approximate surface area is 160 Å². The molecule has 2 aromatic heterocycles. The summed E-state index contributed by atoms with van der Waals surface area (Å²) < 4.78 is 7.69. The average Bonchev–Trinajstić information content (AvgIpc) is 3.32. The Morgan fingerprint density at radius 3 is 2.74 bits per heavy atom. The summed E-state index contributed by atoms with van der Waals surface area (Å²) in [6.07, 6.45) is 6.02. The second-order valence-electron chi connectivity index (χ2n) is 8.01. The van der Waals surface area contributed by atoms with Gasteiger partial charge in [-0.2, -0.15) is 10.2 Å². The first-order valence-electron chi connectivity index (χ1n) is 10.0. The molecular weight excluding hydrogens is 342 g/mol. The van der Waals surface area contributed by atoms with Crippen LogP contribution in [0, 0.1) is 19.8 Å². The van der Waals surface area contributed by atoms with Crippen molar-refractivity contribution in [1.29, 1.82) is 0 Å². The standard InChI is InChI=1S/C20H29N5O2/c1-14-9-15(2)25(23-14)12-17-10-19(22-21-17)20(26)24(11-16-5-3-6-16)13-18-7-4-8-27-18/h9-10,16,18H,3-8,11-13H2,1-2H3,(H,21,22). The van der Waals surface area contributed by atoms with Crippen molar-refractivity contribution < 1.29 is 9.53 Å². The Hall–Kier alpha value is -2.15. The molecule has 0 aromatic carbocycles. The molecule has 1 amide bonds. The van der Waals surface area contributed by atoms with E-state index < -0.39 is 0 Å². The number of amides is 1. The summed E-state index contributed by atoms with van der Waals surface area (Å²) >= 11 is 0. The van der Waals surface area contributed by atoms with Gasteiger partial charge in [-0.05, 0) is 57.6 Å². The summed E-state index contributed by atoms with van der Waals surface area (Å²) in [6, 6.07) is 3.91. The Morgan fingerprint density at radius 1 is 1.26 bits per heavy atom. The summed E-state index contributed by atoms with van der Waals surface area (Å²) in [5.74, 6) is 0.636. The highest BCUT2D eigenvalue weighted by atomic mass is 16.5.